The van der Waals surface area contributed by atoms with E-state index in [1.165, 1.54) is 0 Å². The van der Waals surface area contributed by atoms with Crippen LogP contribution in [0, 0.1) is 0 Å². The average Bonchev–Trinajstić information content (AvgIpc) is 3.10. The van der Waals surface area contributed by atoms with Gasteiger partial charge < -0.3 is 15.5 Å². The fraction of sp³-hybridized carbons (Fsp3) is 0.462. The van der Waals surface area contributed by atoms with Crippen molar-refractivity contribution in [2.45, 2.75) is 18.9 Å². The van der Waals surface area contributed by atoms with E-state index in [4.69, 9.17) is 0 Å². The Labute approximate surface area is 102 Å². The van der Waals surface area contributed by atoms with Crippen molar-refractivity contribution in [2.75, 3.05) is 30.9 Å². The average molecular weight is 233 g/mol. The van der Waals surface area contributed by atoms with E-state index in [2.05, 4.69) is 10.6 Å². The Kier molecular flexibility index (Phi) is 3.52. The molecule has 2 rings (SSSR count). The van der Waals surface area contributed by atoms with Gasteiger partial charge in [0.1, 0.15) is 0 Å². The number of nitrogens with one attached hydrogen (secondary N) is 2. The minimum Gasteiger partial charge on any atom is -0.376 e. The van der Waals surface area contributed by atoms with Gasteiger partial charge in [0.25, 0.3) is 0 Å². The Morgan fingerprint density at radius 2 is 2.06 bits per heavy atom. The molecule has 4 nitrogen and oxygen atoms in total. The monoisotopic (exact) mass is 233 g/mol. The second kappa shape index (κ2) is 5.08. The van der Waals surface area contributed by atoms with Gasteiger partial charge >= 0.3 is 0 Å². The predicted octanol–water partition coefficient (Wildman–Crippen LogP) is 1.44. The maximum Gasteiger partial charge on any atom is 0.239 e. The van der Waals surface area contributed by atoms with Crippen LogP contribution in [0.5, 0.6) is 0 Å². The van der Waals surface area contributed by atoms with Gasteiger partial charge in [-0.3, -0.25) is 4.79 Å². The number of hydrogen-bond acceptors (Lipinski definition) is 3. The maximum atomic E-state index is 11.6. The number of hydrogen-bond donors (Lipinski definition) is 2. The van der Waals surface area contributed by atoms with Gasteiger partial charge in [-0.15, -0.1) is 0 Å². The summed E-state index contributed by atoms with van der Waals surface area (Å²) in [5, 5.41) is 6.13. The quantitative estimate of drug-likeness (QED) is 0.809. The van der Waals surface area contributed by atoms with Gasteiger partial charge in [-0.2, -0.15) is 0 Å². The SMILES string of the molecule is CN(C)c1ccccc1NCC(=O)NC1CC1. The van der Waals surface area contributed by atoms with Gasteiger partial charge in [-0.1, -0.05) is 12.1 Å². The van der Waals surface area contributed by atoms with Crippen molar-refractivity contribution in [3.8, 4) is 0 Å². The molecule has 0 saturated heterocycles. The Bertz CT molecular complexity index is 399. The smallest absolute Gasteiger partial charge is 0.239 e. The Balaban J connectivity index is 1.90. The van der Waals surface area contributed by atoms with Crippen molar-refractivity contribution in [3.63, 3.8) is 0 Å². The molecule has 1 amide bonds. The minimum atomic E-state index is 0.0704. The summed E-state index contributed by atoms with van der Waals surface area (Å²) in [7, 11) is 3.98. The number of amides is 1. The van der Waals surface area contributed by atoms with Gasteiger partial charge in [0, 0.05) is 20.1 Å². The molecule has 17 heavy (non-hydrogen) atoms. The van der Waals surface area contributed by atoms with E-state index in [9.17, 15) is 4.79 Å². The molecule has 1 aromatic rings. The topological polar surface area (TPSA) is 44.4 Å². The molecule has 0 bridgehead atoms. The molecule has 92 valence electrons. The van der Waals surface area contributed by atoms with Crippen LogP contribution in [-0.4, -0.2) is 32.6 Å². The summed E-state index contributed by atoms with van der Waals surface area (Å²) in [5.41, 5.74) is 2.08. The van der Waals surface area contributed by atoms with Crippen LogP contribution in [0.2, 0.25) is 0 Å². The summed E-state index contributed by atoms with van der Waals surface area (Å²) in [5.74, 6) is 0.0704. The van der Waals surface area contributed by atoms with Crippen LogP contribution in [-0.2, 0) is 4.79 Å². The molecule has 1 saturated carbocycles. The number of anilines is 2. The van der Waals surface area contributed by atoms with E-state index in [0.717, 1.165) is 24.2 Å². The highest BCUT2D eigenvalue weighted by molar-refractivity contribution is 5.83. The second-order valence-corrected chi connectivity index (χ2v) is 4.61. The van der Waals surface area contributed by atoms with Gasteiger partial charge in [-0.05, 0) is 25.0 Å². The van der Waals surface area contributed by atoms with Crippen LogP contribution < -0.4 is 15.5 Å². The zero-order chi connectivity index (χ0) is 12.3. The molecule has 1 aromatic carbocycles. The lowest BCUT2D eigenvalue weighted by atomic mass is 10.2. The van der Waals surface area contributed by atoms with Crippen LogP contribution in [0.3, 0.4) is 0 Å². The summed E-state index contributed by atoms with van der Waals surface area (Å²) in [4.78, 5) is 13.6. The van der Waals surface area contributed by atoms with E-state index in [0.29, 0.717) is 12.6 Å². The van der Waals surface area contributed by atoms with E-state index in [1.807, 2.05) is 43.3 Å². The fourth-order valence-corrected chi connectivity index (χ4v) is 1.69. The van der Waals surface area contributed by atoms with Crippen LogP contribution in [0.25, 0.3) is 0 Å². The number of carbonyl (C=O) groups excluding carboxylic acids is 1. The van der Waals surface area contributed by atoms with E-state index < -0.39 is 0 Å². The van der Waals surface area contributed by atoms with Crippen LogP contribution >= 0.6 is 0 Å². The van der Waals surface area contributed by atoms with Crippen LogP contribution in [0.15, 0.2) is 24.3 Å². The van der Waals surface area contributed by atoms with Crippen molar-refractivity contribution in [3.05, 3.63) is 24.3 Å². The normalized spacial score (nSPS) is 14.2. The Morgan fingerprint density at radius 3 is 2.71 bits per heavy atom. The number of para-hydroxylation sites is 2. The van der Waals surface area contributed by atoms with Crippen LogP contribution in [0.4, 0.5) is 11.4 Å². The molecular weight excluding hydrogens is 214 g/mol. The van der Waals surface area contributed by atoms with Gasteiger partial charge in [0.2, 0.25) is 5.91 Å². The largest absolute Gasteiger partial charge is 0.376 e. The third-order valence-electron chi connectivity index (χ3n) is 2.77. The zero-order valence-electron chi connectivity index (χ0n) is 10.4. The highest BCUT2D eigenvalue weighted by Crippen LogP contribution is 2.23. The minimum absolute atomic E-state index is 0.0704. The molecular formula is C13H19N3O. The molecule has 0 aromatic heterocycles. The second-order valence-electron chi connectivity index (χ2n) is 4.61. The lowest BCUT2D eigenvalue weighted by molar-refractivity contribution is -0.119. The van der Waals surface area contributed by atoms with Gasteiger partial charge in [0.05, 0.1) is 17.9 Å². The molecule has 0 aliphatic heterocycles. The predicted molar refractivity (Wildman–Crippen MR) is 70.4 cm³/mol. The molecule has 2 N–H and O–H groups in total. The first-order valence-electron chi connectivity index (χ1n) is 5.96. The number of nitrogens with zero attached hydrogens (tertiary/aromatic N) is 1. The van der Waals surface area contributed by atoms with Crippen molar-refractivity contribution < 1.29 is 4.79 Å². The summed E-state index contributed by atoms with van der Waals surface area (Å²) in [6.45, 7) is 0.335. The summed E-state index contributed by atoms with van der Waals surface area (Å²) in [6, 6.07) is 8.40. The van der Waals surface area contributed by atoms with Gasteiger partial charge in [0.15, 0.2) is 0 Å². The Hall–Kier alpha value is -1.71. The summed E-state index contributed by atoms with van der Waals surface area (Å²) < 4.78 is 0. The third kappa shape index (κ3) is 3.37. The zero-order valence-corrected chi connectivity index (χ0v) is 10.4. The Morgan fingerprint density at radius 1 is 1.35 bits per heavy atom. The molecule has 0 spiro atoms. The molecule has 0 atom stereocenters. The van der Waals surface area contributed by atoms with Crippen LogP contribution in [0.1, 0.15) is 12.8 Å². The third-order valence-corrected chi connectivity index (χ3v) is 2.77. The van der Waals surface area contributed by atoms with Crippen molar-refractivity contribution in [2.24, 2.45) is 0 Å². The summed E-state index contributed by atoms with van der Waals surface area (Å²) in [6.07, 6.45) is 2.25. The molecule has 4 heteroatoms. The highest BCUT2D eigenvalue weighted by Gasteiger charge is 2.22. The highest BCUT2D eigenvalue weighted by atomic mass is 16.2. The summed E-state index contributed by atoms with van der Waals surface area (Å²) >= 11 is 0. The lowest BCUT2D eigenvalue weighted by Gasteiger charge is -2.18. The van der Waals surface area contributed by atoms with Crippen molar-refractivity contribution >= 4 is 17.3 Å². The first kappa shape index (κ1) is 11.8. The number of carbonyl (C=O) groups is 1. The molecule has 1 aliphatic rings. The number of benzene rings is 1. The molecule has 1 aliphatic carbocycles. The van der Waals surface area contributed by atoms with Gasteiger partial charge in [-0.25, -0.2) is 0 Å². The van der Waals surface area contributed by atoms with Crippen molar-refractivity contribution in [1.82, 2.24) is 5.32 Å². The molecule has 1 fully saturated rings. The molecule has 0 unspecified atom stereocenters. The first-order valence-corrected chi connectivity index (χ1v) is 5.96. The first-order chi connectivity index (χ1) is 8.16. The number of rotatable bonds is 5. The van der Waals surface area contributed by atoms with E-state index in [1.54, 1.807) is 0 Å². The fourth-order valence-electron chi connectivity index (χ4n) is 1.69. The molecule has 0 radical (unpaired) electrons. The van der Waals surface area contributed by atoms with E-state index in [-0.39, 0.29) is 5.91 Å². The lowest BCUT2D eigenvalue weighted by Crippen LogP contribution is -2.31. The van der Waals surface area contributed by atoms with E-state index >= 15 is 0 Å². The standard InChI is InChI=1S/C13H19N3O/c1-16(2)12-6-4-3-5-11(12)14-9-13(17)15-10-7-8-10/h3-6,10,14H,7-9H2,1-2H3,(H,15,17). The maximum absolute atomic E-state index is 11.6. The molecule has 0 heterocycles. The van der Waals surface area contributed by atoms with Crippen molar-refractivity contribution in [1.29, 1.82) is 0 Å².